The predicted molar refractivity (Wildman–Crippen MR) is 236 cm³/mol. The standard InChI is InChI=1S/C47H44N6O6S/c1-28-21-30(9-5-4-6-19-49-20-18-31-15-17-40(54)44-45(31)59-27-41(55)53-44)14-16-39(28)52-47(57)32-10-7-13-35(23-32)60-36-22-29(2)42-37(25-36)43(38(26-50-42)46(48)56)51-33-11-8-12-34(24-33)58-3/h7-8,10-17,21-26,49,54H,4,6,18-20,27H2,1-3H3,(H2,48,56)(H,50,51)(H,52,57)(H,53,55). The Morgan fingerprint density at radius 3 is 2.65 bits per heavy atom. The first kappa shape index (κ1) is 41.2. The first-order chi connectivity index (χ1) is 29.1. The first-order valence-corrected chi connectivity index (χ1v) is 20.2. The van der Waals surface area contributed by atoms with Gasteiger partial charge in [0.15, 0.2) is 12.4 Å². The Hall–Kier alpha value is -7.01. The Morgan fingerprint density at radius 2 is 1.83 bits per heavy atom. The molecular formula is C47H44N6O6S. The van der Waals surface area contributed by atoms with Crippen molar-refractivity contribution >= 4 is 63.1 Å². The van der Waals surface area contributed by atoms with Crippen LogP contribution in [0.5, 0.6) is 17.2 Å². The molecule has 0 bridgehead atoms. The molecule has 0 aliphatic carbocycles. The van der Waals surface area contributed by atoms with E-state index in [1.165, 1.54) is 18.0 Å². The van der Waals surface area contributed by atoms with Gasteiger partial charge in [0.05, 0.1) is 23.9 Å². The Morgan fingerprint density at radius 1 is 0.983 bits per heavy atom. The van der Waals surface area contributed by atoms with Gasteiger partial charge in [-0.05, 0) is 123 Å². The van der Waals surface area contributed by atoms with E-state index in [9.17, 15) is 19.5 Å². The molecule has 1 aliphatic heterocycles. The van der Waals surface area contributed by atoms with Crippen molar-refractivity contribution in [3.63, 3.8) is 0 Å². The number of aryl methyl sites for hydroxylation is 2. The van der Waals surface area contributed by atoms with Gasteiger partial charge in [-0.1, -0.05) is 41.8 Å². The molecule has 13 heteroatoms. The number of phenolic OH excluding ortho intramolecular Hbond substituents is 1. The van der Waals surface area contributed by atoms with Gasteiger partial charge in [-0.15, -0.1) is 0 Å². The predicted octanol–water partition coefficient (Wildman–Crippen LogP) is 8.11. The van der Waals surface area contributed by atoms with Crippen molar-refractivity contribution in [3.05, 3.63) is 131 Å². The highest BCUT2D eigenvalue weighted by molar-refractivity contribution is 7.99. The Labute approximate surface area is 352 Å². The van der Waals surface area contributed by atoms with Crippen LogP contribution in [0.1, 0.15) is 55.8 Å². The van der Waals surface area contributed by atoms with Crippen LogP contribution in [-0.4, -0.2) is 54.6 Å². The fourth-order valence-electron chi connectivity index (χ4n) is 6.81. The smallest absolute Gasteiger partial charge is 0.262 e. The summed E-state index contributed by atoms with van der Waals surface area (Å²) in [5.41, 5.74) is 13.2. The van der Waals surface area contributed by atoms with Gasteiger partial charge < -0.3 is 41.6 Å². The number of anilines is 4. The minimum Gasteiger partial charge on any atom is -0.506 e. The van der Waals surface area contributed by atoms with Crippen molar-refractivity contribution in [2.45, 2.75) is 42.9 Å². The number of unbranched alkanes of at least 4 members (excludes halogenated alkanes) is 1. The summed E-state index contributed by atoms with van der Waals surface area (Å²) in [7, 11) is 1.60. The normalized spacial score (nSPS) is 11.8. The third-order valence-corrected chi connectivity index (χ3v) is 10.8. The number of hydrogen-bond donors (Lipinski definition) is 6. The Bertz CT molecular complexity index is 2690. The zero-order valence-electron chi connectivity index (χ0n) is 33.4. The number of carbonyl (C=O) groups excluding carboxylic acids is 3. The van der Waals surface area contributed by atoms with Crippen molar-refractivity contribution in [1.29, 1.82) is 0 Å². The van der Waals surface area contributed by atoms with Crippen LogP contribution in [0.4, 0.5) is 22.7 Å². The molecule has 12 nitrogen and oxygen atoms in total. The van der Waals surface area contributed by atoms with Crippen LogP contribution < -0.4 is 36.5 Å². The fourth-order valence-corrected chi connectivity index (χ4v) is 7.83. The van der Waals surface area contributed by atoms with Gasteiger partial charge in [-0.25, -0.2) is 0 Å². The van der Waals surface area contributed by atoms with E-state index in [1.807, 2.05) is 92.7 Å². The van der Waals surface area contributed by atoms with Crippen LogP contribution in [0.2, 0.25) is 0 Å². The number of nitrogens with two attached hydrogens (primary N) is 1. The van der Waals surface area contributed by atoms with Crippen molar-refractivity contribution in [2.75, 3.05) is 42.8 Å². The summed E-state index contributed by atoms with van der Waals surface area (Å²) in [4.78, 5) is 44.0. The van der Waals surface area contributed by atoms with Crippen molar-refractivity contribution in [1.82, 2.24) is 10.3 Å². The summed E-state index contributed by atoms with van der Waals surface area (Å²) in [6.45, 7) is 5.35. The Balaban J connectivity index is 0.944. The number of hydrogen-bond acceptors (Lipinski definition) is 10. The van der Waals surface area contributed by atoms with E-state index in [4.69, 9.17) is 15.2 Å². The second-order valence-electron chi connectivity index (χ2n) is 14.2. The number of nitrogens with one attached hydrogen (secondary N) is 4. The second-order valence-corrected chi connectivity index (χ2v) is 15.4. The first-order valence-electron chi connectivity index (χ1n) is 19.4. The lowest BCUT2D eigenvalue weighted by molar-refractivity contribution is -0.118. The summed E-state index contributed by atoms with van der Waals surface area (Å²) in [5, 5.41) is 23.3. The molecule has 0 fully saturated rings. The van der Waals surface area contributed by atoms with Gasteiger partial charge in [0.2, 0.25) is 0 Å². The average molecular weight is 821 g/mol. The van der Waals surface area contributed by atoms with E-state index in [1.54, 1.807) is 19.2 Å². The maximum atomic E-state index is 13.5. The van der Waals surface area contributed by atoms with E-state index >= 15 is 0 Å². The van der Waals surface area contributed by atoms with Crippen LogP contribution in [0.25, 0.3) is 10.9 Å². The monoisotopic (exact) mass is 820 g/mol. The van der Waals surface area contributed by atoms with Gasteiger partial charge in [0, 0.05) is 56.4 Å². The number of pyridine rings is 1. The number of methoxy groups -OCH3 is 1. The van der Waals surface area contributed by atoms with Gasteiger partial charge in [-0.3, -0.25) is 19.4 Å². The maximum absolute atomic E-state index is 13.5. The zero-order chi connectivity index (χ0) is 42.2. The molecule has 6 aromatic rings. The molecule has 0 spiro atoms. The number of benzene rings is 5. The molecule has 7 rings (SSSR count). The third kappa shape index (κ3) is 9.81. The van der Waals surface area contributed by atoms with Gasteiger partial charge in [0.1, 0.15) is 17.2 Å². The number of phenols is 1. The molecule has 0 unspecified atom stereocenters. The number of ether oxygens (including phenoxy) is 2. The van der Waals surface area contributed by atoms with Crippen LogP contribution in [0.15, 0.2) is 107 Å². The van der Waals surface area contributed by atoms with Crippen molar-refractivity contribution < 1.29 is 29.0 Å². The number of aromatic nitrogens is 1. The molecule has 60 heavy (non-hydrogen) atoms. The topological polar surface area (TPSA) is 177 Å². The van der Waals surface area contributed by atoms with Crippen LogP contribution >= 0.6 is 11.8 Å². The molecule has 0 atom stereocenters. The molecule has 0 radical (unpaired) electrons. The molecule has 2 heterocycles. The number of aromatic hydroxyl groups is 1. The summed E-state index contributed by atoms with van der Waals surface area (Å²) < 4.78 is 11.0. The minimum atomic E-state index is -0.600. The van der Waals surface area contributed by atoms with E-state index in [0.29, 0.717) is 53.5 Å². The molecule has 304 valence electrons. The molecule has 5 aromatic carbocycles. The third-order valence-electron chi connectivity index (χ3n) is 9.83. The number of carbonyl (C=O) groups is 3. The lowest BCUT2D eigenvalue weighted by atomic mass is 10.1. The lowest BCUT2D eigenvalue weighted by Gasteiger charge is -2.21. The highest BCUT2D eigenvalue weighted by Gasteiger charge is 2.22. The molecule has 1 aliphatic rings. The zero-order valence-corrected chi connectivity index (χ0v) is 34.2. The number of nitrogens with zero attached hydrogens (tertiary/aromatic N) is 1. The fraction of sp³-hybridized carbons (Fsp3) is 0.191. The number of amides is 3. The van der Waals surface area contributed by atoms with Crippen LogP contribution in [0.3, 0.4) is 0 Å². The SMILES string of the molecule is COc1cccc(Nc2c(C(N)=O)cnc3c(C)cc(Sc4cccc(C(=O)Nc5ccc(C#CCCCNCCc6ccc(O)c7c6OCC(=O)N7)cc5C)c4)cc23)c1. The van der Waals surface area contributed by atoms with E-state index < -0.39 is 5.91 Å². The molecule has 3 amide bonds. The quantitative estimate of drug-likeness (QED) is 0.0358. The largest absolute Gasteiger partial charge is 0.506 e. The molecule has 0 saturated carbocycles. The maximum Gasteiger partial charge on any atom is 0.262 e. The molecule has 1 aromatic heterocycles. The summed E-state index contributed by atoms with van der Waals surface area (Å²) in [5.74, 6) is 6.54. The molecule has 7 N–H and O–H groups in total. The summed E-state index contributed by atoms with van der Waals surface area (Å²) in [6.07, 6.45) is 3.77. The Kier molecular flexibility index (Phi) is 12.8. The number of fused-ring (bicyclic) bond motifs is 2. The average Bonchev–Trinajstić information content (AvgIpc) is 3.23. The molecule has 0 saturated heterocycles. The highest BCUT2D eigenvalue weighted by Crippen LogP contribution is 2.40. The van der Waals surface area contributed by atoms with Crippen LogP contribution in [-0.2, 0) is 11.2 Å². The van der Waals surface area contributed by atoms with Crippen molar-refractivity contribution in [3.8, 4) is 29.1 Å². The van der Waals surface area contributed by atoms with Crippen molar-refractivity contribution in [2.24, 2.45) is 5.73 Å². The van der Waals surface area contributed by atoms with E-state index in [2.05, 4.69) is 38.1 Å². The number of rotatable bonds is 14. The second kappa shape index (κ2) is 18.7. The summed E-state index contributed by atoms with van der Waals surface area (Å²) in [6, 6.07) is 28.0. The minimum absolute atomic E-state index is 0.00814. The molecular weight excluding hydrogens is 777 g/mol. The highest BCUT2D eigenvalue weighted by atomic mass is 32.2. The van der Waals surface area contributed by atoms with E-state index in [-0.39, 0.29) is 29.7 Å². The van der Waals surface area contributed by atoms with E-state index in [0.717, 1.165) is 61.6 Å². The number of primary amides is 1. The van der Waals surface area contributed by atoms with Crippen LogP contribution in [0, 0.1) is 25.7 Å². The summed E-state index contributed by atoms with van der Waals surface area (Å²) >= 11 is 1.50. The van der Waals surface area contributed by atoms with Gasteiger partial charge in [-0.2, -0.15) is 0 Å². The van der Waals surface area contributed by atoms with Gasteiger partial charge >= 0.3 is 0 Å². The van der Waals surface area contributed by atoms with Gasteiger partial charge in [0.25, 0.3) is 17.7 Å². The lowest BCUT2D eigenvalue weighted by Crippen LogP contribution is -2.26.